The first kappa shape index (κ1) is 9.50. The van der Waals surface area contributed by atoms with Crippen molar-refractivity contribution < 1.29 is 46.5 Å². The fourth-order valence-electron chi connectivity index (χ4n) is 0. The van der Waals surface area contributed by atoms with Crippen molar-refractivity contribution >= 4 is 17.9 Å². The molecule has 0 aliphatic rings. The summed E-state index contributed by atoms with van der Waals surface area (Å²) < 4.78 is 0. The van der Waals surface area contributed by atoms with Crippen molar-refractivity contribution in [2.24, 2.45) is 5.73 Å². The van der Waals surface area contributed by atoms with Gasteiger partial charge in [0.15, 0.2) is 0 Å². The van der Waals surface area contributed by atoms with Crippen molar-refractivity contribution in [2.45, 2.75) is 0 Å². The van der Waals surface area contributed by atoms with Crippen LogP contribution in [-0.2, 0) is 0 Å². The Kier molecular flexibility index (Phi) is 9.88. The van der Waals surface area contributed by atoms with Gasteiger partial charge in [-0.15, -0.1) is 0 Å². The molecule has 0 saturated heterocycles. The van der Waals surface area contributed by atoms with E-state index in [-0.39, 0.29) is 41.7 Å². The molecule has 0 heterocycles. The molecular formula is CH3CeNOS. The van der Waals surface area contributed by atoms with Crippen LogP contribution in [0.5, 0.6) is 0 Å². The Labute approximate surface area is 69.3 Å². The van der Waals surface area contributed by atoms with Gasteiger partial charge in [-0.25, -0.2) is 0 Å². The zero-order valence-corrected chi connectivity index (χ0v) is 6.47. The minimum Gasteiger partial charge on any atom is -0.361 e. The summed E-state index contributed by atoms with van der Waals surface area (Å²) in [5, 5.41) is -0.639. The first-order valence-corrected chi connectivity index (χ1v) is 1.16. The molecular weight excluding hydrogens is 214 g/mol. The van der Waals surface area contributed by atoms with E-state index in [0.29, 0.717) is 0 Å². The van der Waals surface area contributed by atoms with Crippen molar-refractivity contribution in [2.75, 3.05) is 0 Å². The summed E-state index contributed by atoms with van der Waals surface area (Å²) in [5.41, 5.74) is 4.34. The van der Waals surface area contributed by atoms with E-state index in [4.69, 9.17) is 4.79 Å². The van der Waals surface area contributed by atoms with E-state index in [1.165, 1.54) is 0 Å². The number of amides is 1. The Morgan fingerprint density at radius 3 is 1.80 bits per heavy atom. The van der Waals surface area contributed by atoms with Crippen LogP contribution in [0, 0.1) is 41.7 Å². The van der Waals surface area contributed by atoms with Gasteiger partial charge >= 0.3 is 0 Å². The predicted molar refractivity (Wildman–Crippen MR) is 18.6 cm³/mol. The van der Waals surface area contributed by atoms with Crippen LogP contribution in [-0.4, -0.2) is 5.24 Å². The van der Waals surface area contributed by atoms with Gasteiger partial charge < -0.3 is 5.73 Å². The third-order valence-corrected chi connectivity index (χ3v) is 0. The van der Waals surface area contributed by atoms with Crippen molar-refractivity contribution in [3.63, 3.8) is 0 Å². The topological polar surface area (TPSA) is 43.1 Å². The molecule has 0 rings (SSSR count). The number of hydrogen-bond donors (Lipinski definition) is 2. The second-order valence-electron chi connectivity index (χ2n) is 0.338. The molecule has 2 nitrogen and oxygen atoms in total. The van der Waals surface area contributed by atoms with E-state index >= 15 is 0 Å². The van der Waals surface area contributed by atoms with Crippen molar-refractivity contribution in [3.05, 3.63) is 0 Å². The van der Waals surface area contributed by atoms with E-state index in [2.05, 4.69) is 18.4 Å². The number of nitrogens with two attached hydrogens (primary N) is 1. The minimum absolute atomic E-state index is 0. The molecule has 1 amide bonds. The number of hydrogen-bond acceptors (Lipinski definition) is 1. The third-order valence-electron chi connectivity index (χ3n) is 0. The van der Waals surface area contributed by atoms with Gasteiger partial charge in [0.05, 0.1) is 0 Å². The summed E-state index contributed by atoms with van der Waals surface area (Å²) in [7, 11) is 0. The first-order chi connectivity index (χ1) is 1.73. The molecule has 0 fully saturated rings. The van der Waals surface area contributed by atoms with E-state index < -0.39 is 5.24 Å². The molecule has 2 N–H and O–H groups in total. The number of carbonyl (C=O) groups is 1. The quantitative estimate of drug-likeness (QED) is 0.551. The van der Waals surface area contributed by atoms with Gasteiger partial charge in [0.2, 0.25) is 0 Å². The number of rotatable bonds is 0. The molecule has 0 atom stereocenters. The predicted octanol–water partition coefficient (Wildman–Crippen LogP) is -0.00510. The normalized spacial score (nSPS) is 5.00. The van der Waals surface area contributed by atoms with E-state index in [1.807, 2.05) is 0 Å². The van der Waals surface area contributed by atoms with E-state index in [1.54, 1.807) is 0 Å². The Morgan fingerprint density at radius 2 is 1.80 bits per heavy atom. The van der Waals surface area contributed by atoms with E-state index in [9.17, 15) is 0 Å². The SMILES string of the molecule is NC(=O)S.[Ce]. The molecule has 0 unspecified atom stereocenters. The minimum atomic E-state index is -0.639. The number of carbonyl (C=O) groups excluding carboxylic acids is 1. The summed E-state index contributed by atoms with van der Waals surface area (Å²) in [5.74, 6) is 0. The number of thiol groups is 1. The summed E-state index contributed by atoms with van der Waals surface area (Å²) in [6.45, 7) is 0. The Bertz CT molecular complexity index is 34.6. The largest absolute Gasteiger partial charge is 0.361 e. The molecule has 0 aromatic heterocycles. The zero-order valence-electron chi connectivity index (χ0n) is 2.43. The van der Waals surface area contributed by atoms with Gasteiger partial charge in [0.25, 0.3) is 5.24 Å². The Hall–Kier alpha value is 1.20. The summed E-state index contributed by atoms with van der Waals surface area (Å²) in [4.78, 5) is 9.09. The fraction of sp³-hybridized carbons (Fsp3) is 0. The summed E-state index contributed by atoms with van der Waals surface area (Å²) in [6.07, 6.45) is 0. The molecule has 0 aromatic carbocycles. The average Bonchev–Trinajstić information content (AvgIpc) is 0.811. The molecule has 28 valence electrons. The molecule has 0 radical (unpaired) electrons. The van der Waals surface area contributed by atoms with Crippen LogP contribution in [0.4, 0.5) is 4.79 Å². The van der Waals surface area contributed by atoms with Gasteiger partial charge in [-0.3, -0.25) is 4.79 Å². The van der Waals surface area contributed by atoms with Gasteiger partial charge in [-0.2, -0.15) is 0 Å². The molecule has 0 aliphatic heterocycles. The van der Waals surface area contributed by atoms with Gasteiger partial charge in [0, 0.05) is 41.7 Å². The number of primary amides is 1. The first-order valence-electron chi connectivity index (χ1n) is 0.716. The van der Waals surface area contributed by atoms with Gasteiger partial charge in [-0.05, 0) is 0 Å². The standard InChI is InChI=1S/CH3NOS.Ce/c2-1(3)4;/h(H3,2,3,4);. The second-order valence-corrected chi connectivity index (χ2v) is 0.779. The maximum Gasteiger partial charge on any atom is 0.273 e. The summed E-state index contributed by atoms with van der Waals surface area (Å²) >= 11 is 3.10. The van der Waals surface area contributed by atoms with Crippen LogP contribution in [0.15, 0.2) is 0 Å². The van der Waals surface area contributed by atoms with Gasteiger partial charge in [0.1, 0.15) is 0 Å². The van der Waals surface area contributed by atoms with Crippen molar-refractivity contribution in [1.82, 2.24) is 0 Å². The molecule has 4 heteroatoms. The van der Waals surface area contributed by atoms with Crippen LogP contribution in [0.1, 0.15) is 0 Å². The Balaban J connectivity index is 0. The monoisotopic (exact) mass is 217 g/mol. The van der Waals surface area contributed by atoms with E-state index in [0.717, 1.165) is 0 Å². The van der Waals surface area contributed by atoms with Crippen molar-refractivity contribution in [1.29, 1.82) is 0 Å². The van der Waals surface area contributed by atoms with Crippen LogP contribution < -0.4 is 5.73 Å². The summed E-state index contributed by atoms with van der Waals surface area (Å²) in [6, 6.07) is 0. The second kappa shape index (κ2) is 5.20. The maximum atomic E-state index is 9.09. The van der Waals surface area contributed by atoms with Crippen molar-refractivity contribution in [3.8, 4) is 0 Å². The average molecular weight is 217 g/mol. The van der Waals surface area contributed by atoms with Crippen LogP contribution in [0.25, 0.3) is 0 Å². The molecule has 0 aliphatic carbocycles. The molecule has 0 spiro atoms. The van der Waals surface area contributed by atoms with Gasteiger partial charge in [-0.1, -0.05) is 12.6 Å². The van der Waals surface area contributed by atoms with Crippen LogP contribution in [0.3, 0.4) is 0 Å². The van der Waals surface area contributed by atoms with Crippen LogP contribution >= 0.6 is 12.6 Å². The molecule has 0 aromatic rings. The molecule has 0 saturated carbocycles. The fourth-order valence-corrected chi connectivity index (χ4v) is 0. The zero-order chi connectivity index (χ0) is 3.58. The molecule has 5 heavy (non-hydrogen) atoms. The third kappa shape index (κ3) is 37.1. The smallest absolute Gasteiger partial charge is 0.273 e. The Morgan fingerprint density at radius 1 is 1.80 bits per heavy atom. The van der Waals surface area contributed by atoms with Crippen LogP contribution in [0.2, 0.25) is 0 Å². The maximum absolute atomic E-state index is 9.09. The molecule has 0 bridgehead atoms.